The summed E-state index contributed by atoms with van der Waals surface area (Å²) in [5.41, 5.74) is 2.48. The minimum Gasteiger partial charge on any atom is -0.366 e. The second-order valence-corrected chi connectivity index (χ2v) is 8.66. The first-order chi connectivity index (χ1) is 15.0. The normalized spacial score (nSPS) is 15.1. The van der Waals surface area contributed by atoms with Crippen LogP contribution in [0.15, 0.2) is 71.0 Å². The molecule has 1 saturated heterocycles. The molecule has 1 fully saturated rings. The zero-order chi connectivity index (χ0) is 22.0. The molecule has 156 valence electrons. The number of nitrogens with one attached hydrogen (secondary N) is 1. The Kier molecular flexibility index (Phi) is 6.01. The first-order valence-electron chi connectivity index (χ1n) is 9.65. The monoisotopic (exact) mass is 448 g/mol. The Balaban J connectivity index is 1.77. The second-order valence-electron chi connectivity index (χ2n) is 6.99. The molecule has 1 amide bonds. The number of thioether (sulfide) groups is 1. The van der Waals surface area contributed by atoms with Crippen LogP contribution in [0.3, 0.4) is 0 Å². The summed E-state index contributed by atoms with van der Waals surface area (Å²) >= 11 is 6.63. The SMILES string of the molecule is C=CCNc1nc2c(C)cccn2c(=O)c1/C=C1\SC(=S)N(Cc2ccccc2)C1=O. The highest BCUT2D eigenvalue weighted by atomic mass is 32.2. The standard InChI is InChI=1S/C23H20N4O2S2/c1-3-11-24-19-17(21(28)26-12-7-8-15(2)20(26)25-19)13-18-22(29)27(23(30)31-18)14-16-9-5-4-6-10-16/h3-10,12-13,24H,1,11,14H2,2H3/b18-13-. The van der Waals surface area contributed by atoms with Gasteiger partial charge < -0.3 is 5.32 Å². The topological polar surface area (TPSA) is 66.7 Å². The van der Waals surface area contributed by atoms with E-state index in [1.807, 2.05) is 43.3 Å². The van der Waals surface area contributed by atoms with E-state index >= 15 is 0 Å². The highest BCUT2D eigenvalue weighted by Gasteiger charge is 2.32. The first-order valence-corrected chi connectivity index (χ1v) is 10.9. The molecule has 0 saturated carbocycles. The molecule has 0 unspecified atom stereocenters. The van der Waals surface area contributed by atoms with Gasteiger partial charge in [0.15, 0.2) is 0 Å². The number of fused-ring (bicyclic) bond motifs is 1. The molecule has 0 bridgehead atoms. The molecule has 0 radical (unpaired) electrons. The van der Waals surface area contributed by atoms with Gasteiger partial charge in [0.1, 0.15) is 15.8 Å². The zero-order valence-electron chi connectivity index (χ0n) is 16.9. The van der Waals surface area contributed by atoms with E-state index in [-0.39, 0.29) is 11.5 Å². The van der Waals surface area contributed by atoms with E-state index in [4.69, 9.17) is 12.2 Å². The number of hydrogen-bond acceptors (Lipinski definition) is 6. The van der Waals surface area contributed by atoms with Gasteiger partial charge in [0, 0.05) is 12.7 Å². The van der Waals surface area contributed by atoms with Crippen molar-refractivity contribution in [2.75, 3.05) is 11.9 Å². The van der Waals surface area contributed by atoms with Gasteiger partial charge in [-0.1, -0.05) is 66.5 Å². The Bertz CT molecular complexity index is 1280. The molecule has 0 aliphatic carbocycles. The number of carbonyl (C=O) groups excluding carboxylic acids is 1. The lowest BCUT2D eigenvalue weighted by Gasteiger charge is -2.14. The van der Waals surface area contributed by atoms with Crippen molar-refractivity contribution >= 4 is 51.7 Å². The van der Waals surface area contributed by atoms with Gasteiger partial charge in [0.25, 0.3) is 11.5 Å². The molecule has 0 spiro atoms. The van der Waals surface area contributed by atoms with E-state index < -0.39 is 0 Å². The summed E-state index contributed by atoms with van der Waals surface area (Å²) < 4.78 is 1.95. The number of nitrogens with zero attached hydrogens (tertiary/aromatic N) is 3. The Morgan fingerprint density at radius 1 is 1.19 bits per heavy atom. The van der Waals surface area contributed by atoms with Crippen molar-refractivity contribution in [2.24, 2.45) is 0 Å². The van der Waals surface area contributed by atoms with Crippen LogP contribution in [0.25, 0.3) is 11.7 Å². The summed E-state index contributed by atoms with van der Waals surface area (Å²) in [6.07, 6.45) is 4.94. The zero-order valence-corrected chi connectivity index (χ0v) is 18.5. The van der Waals surface area contributed by atoms with Gasteiger partial charge in [-0.15, -0.1) is 6.58 Å². The number of carbonyl (C=O) groups is 1. The lowest BCUT2D eigenvalue weighted by molar-refractivity contribution is -0.122. The van der Waals surface area contributed by atoms with Gasteiger partial charge in [-0.2, -0.15) is 0 Å². The average molecular weight is 449 g/mol. The van der Waals surface area contributed by atoms with Crippen LogP contribution >= 0.6 is 24.0 Å². The fourth-order valence-electron chi connectivity index (χ4n) is 3.28. The Morgan fingerprint density at radius 3 is 2.71 bits per heavy atom. The third kappa shape index (κ3) is 4.17. The van der Waals surface area contributed by atoms with Gasteiger partial charge >= 0.3 is 0 Å². The highest BCUT2D eigenvalue weighted by Crippen LogP contribution is 2.34. The van der Waals surface area contributed by atoms with Crippen molar-refractivity contribution in [1.29, 1.82) is 0 Å². The molecular weight excluding hydrogens is 428 g/mol. The molecule has 8 heteroatoms. The van der Waals surface area contributed by atoms with E-state index in [2.05, 4.69) is 16.9 Å². The number of aryl methyl sites for hydroxylation is 1. The molecule has 31 heavy (non-hydrogen) atoms. The Labute approximate surface area is 189 Å². The van der Waals surface area contributed by atoms with Crippen LogP contribution in [-0.2, 0) is 11.3 Å². The molecule has 3 aromatic rings. The van der Waals surface area contributed by atoms with Crippen LogP contribution in [0.4, 0.5) is 5.82 Å². The summed E-state index contributed by atoms with van der Waals surface area (Å²) in [5, 5.41) is 3.12. The number of hydrogen-bond donors (Lipinski definition) is 1. The maximum Gasteiger partial charge on any atom is 0.267 e. The first kappa shape index (κ1) is 21.0. The number of thiocarbonyl (C=S) groups is 1. The van der Waals surface area contributed by atoms with Gasteiger partial charge in [-0.3, -0.25) is 18.9 Å². The third-order valence-electron chi connectivity index (χ3n) is 4.83. The number of pyridine rings is 1. The van der Waals surface area contributed by atoms with Crippen molar-refractivity contribution in [2.45, 2.75) is 13.5 Å². The van der Waals surface area contributed by atoms with Crippen molar-refractivity contribution in [3.05, 3.63) is 93.3 Å². The van der Waals surface area contributed by atoms with E-state index in [1.54, 1.807) is 29.3 Å². The van der Waals surface area contributed by atoms with Crippen LogP contribution < -0.4 is 10.9 Å². The average Bonchev–Trinajstić information content (AvgIpc) is 3.03. The molecule has 1 aliphatic rings. The third-order valence-corrected chi connectivity index (χ3v) is 6.21. The largest absolute Gasteiger partial charge is 0.366 e. The molecule has 4 rings (SSSR count). The summed E-state index contributed by atoms with van der Waals surface area (Å²) in [6.45, 7) is 6.43. The van der Waals surface area contributed by atoms with E-state index in [1.165, 1.54) is 16.2 Å². The van der Waals surface area contributed by atoms with Gasteiger partial charge in [0.05, 0.1) is 17.0 Å². The Morgan fingerprint density at radius 2 is 1.97 bits per heavy atom. The summed E-state index contributed by atoms with van der Waals surface area (Å²) in [4.78, 5) is 32.9. The van der Waals surface area contributed by atoms with Crippen molar-refractivity contribution in [3.63, 3.8) is 0 Å². The van der Waals surface area contributed by atoms with Gasteiger partial charge in [-0.25, -0.2) is 4.98 Å². The van der Waals surface area contributed by atoms with Crippen LogP contribution in [0, 0.1) is 6.92 Å². The summed E-state index contributed by atoms with van der Waals surface area (Å²) in [6, 6.07) is 13.4. The lowest BCUT2D eigenvalue weighted by atomic mass is 10.2. The van der Waals surface area contributed by atoms with Crippen LogP contribution in [-0.4, -0.2) is 31.1 Å². The number of aromatic nitrogens is 2. The number of benzene rings is 1. The lowest BCUT2D eigenvalue weighted by Crippen LogP contribution is -2.27. The van der Waals surface area contributed by atoms with Crippen molar-refractivity contribution in [3.8, 4) is 0 Å². The van der Waals surface area contributed by atoms with Crippen molar-refractivity contribution in [1.82, 2.24) is 14.3 Å². The van der Waals surface area contributed by atoms with Crippen molar-refractivity contribution < 1.29 is 4.79 Å². The number of anilines is 1. The predicted octanol–water partition coefficient (Wildman–Crippen LogP) is 4.00. The predicted molar refractivity (Wildman–Crippen MR) is 130 cm³/mol. The second kappa shape index (κ2) is 8.87. The molecular formula is C23H20N4O2S2. The maximum atomic E-state index is 13.3. The van der Waals surface area contributed by atoms with E-state index in [0.717, 1.165) is 11.1 Å². The molecule has 1 N–H and O–H groups in total. The fourth-order valence-corrected chi connectivity index (χ4v) is 4.52. The highest BCUT2D eigenvalue weighted by molar-refractivity contribution is 8.26. The summed E-state index contributed by atoms with van der Waals surface area (Å²) in [5.74, 6) is 0.190. The molecule has 1 aromatic carbocycles. The smallest absolute Gasteiger partial charge is 0.267 e. The minimum atomic E-state index is -0.256. The van der Waals surface area contributed by atoms with E-state index in [0.29, 0.717) is 39.3 Å². The van der Waals surface area contributed by atoms with Crippen LogP contribution in [0.1, 0.15) is 16.7 Å². The fraction of sp³-hybridized carbons (Fsp3) is 0.130. The quantitative estimate of drug-likeness (QED) is 0.349. The van der Waals surface area contributed by atoms with Gasteiger partial charge in [0.2, 0.25) is 0 Å². The van der Waals surface area contributed by atoms with Crippen LogP contribution in [0.2, 0.25) is 0 Å². The molecule has 0 atom stereocenters. The number of amides is 1. The maximum absolute atomic E-state index is 13.3. The Hall–Kier alpha value is -3.23. The minimum absolute atomic E-state index is 0.220. The molecule has 3 heterocycles. The molecule has 6 nitrogen and oxygen atoms in total. The van der Waals surface area contributed by atoms with E-state index in [9.17, 15) is 9.59 Å². The summed E-state index contributed by atoms with van der Waals surface area (Å²) in [7, 11) is 0. The number of rotatable bonds is 6. The van der Waals surface area contributed by atoms with Crippen LogP contribution in [0.5, 0.6) is 0 Å². The molecule has 1 aliphatic heterocycles. The molecule has 2 aromatic heterocycles. The van der Waals surface area contributed by atoms with Gasteiger partial charge in [-0.05, 0) is 30.2 Å².